The van der Waals surface area contributed by atoms with E-state index in [2.05, 4.69) is 98.8 Å². The maximum absolute atomic E-state index is 6.59. The van der Waals surface area contributed by atoms with Gasteiger partial charge in [-0.1, -0.05) is 84.4 Å². The van der Waals surface area contributed by atoms with Crippen LogP contribution in [0.1, 0.15) is 34.7 Å². The molecule has 3 aromatic carbocycles. The van der Waals surface area contributed by atoms with Crippen molar-refractivity contribution in [1.82, 2.24) is 0 Å². The largest absolute Gasteiger partial charge is 0.482 e. The Bertz CT molecular complexity index is 906. The zero-order chi connectivity index (χ0) is 17.3. The van der Waals surface area contributed by atoms with Gasteiger partial charge in [0.25, 0.3) is 0 Å². The van der Waals surface area contributed by atoms with E-state index in [4.69, 9.17) is 4.74 Å². The van der Waals surface area contributed by atoms with E-state index in [1.165, 1.54) is 22.3 Å². The van der Waals surface area contributed by atoms with Gasteiger partial charge in [-0.05, 0) is 31.1 Å². The molecule has 1 heteroatoms. The average Bonchev–Trinajstić information content (AvgIpc) is 2.63. The van der Waals surface area contributed by atoms with E-state index in [-0.39, 0.29) is 5.60 Å². The molecule has 0 bridgehead atoms. The third-order valence-electron chi connectivity index (χ3n) is 4.87. The van der Waals surface area contributed by atoms with Crippen molar-refractivity contribution in [3.05, 3.63) is 107 Å². The van der Waals surface area contributed by atoms with E-state index < -0.39 is 0 Å². The Morgan fingerprint density at radius 1 is 0.800 bits per heavy atom. The normalized spacial score (nSPS) is 18.9. The van der Waals surface area contributed by atoms with Gasteiger partial charge in [0.2, 0.25) is 0 Å². The molecule has 124 valence electrons. The topological polar surface area (TPSA) is 9.23 Å². The SMILES string of the molecule is Cc1ccc(C2=Cc3ccccc3C(C)(Cc3ccccc3)O2)cc1. The van der Waals surface area contributed by atoms with Gasteiger partial charge in [0.05, 0.1) is 0 Å². The third kappa shape index (κ3) is 3.10. The molecule has 1 aliphatic heterocycles. The average molecular weight is 326 g/mol. The fourth-order valence-corrected chi connectivity index (χ4v) is 3.55. The Kier molecular flexibility index (Phi) is 3.93. The highest BCUT2D eigenvalue weighted by Gasteiger charge is 2.35. The van der Waals surface area contributed by atoms with Crippen LogP contribution in [0, 0.1) is 6.92 Å². The van der Waals surface area contributed by atoms with Crippen molar-refractivity contribution in [2.75, 3.05) is 0 Å². The summed E-state index contributed by atoms with van der Waals surface area (Å²) in [6.45, 7) is 4.30. The van der Waals surface area contributed by atoms with Crippen molar-refractivity contribution in [2.24, 2.45) is 0 Å². The molecule has 0 fully saturated rings. The van der Waals surface area contributed by atoms with Crippen LogP contribution in [-0.4, -0.2) is 0 Å². The van der Waals surface area contributed by atoms with Gasteiger partial charge in [-0.3, -0.25) is 0 Å². The predicted molar refractivity (Wildman–Crippen MR) is 104 cm³/mol. The number of benzene rings is 3. The first-order chi connectivity index (χ1) is 12.1. The third-order valence-corrected chi connectivity index (χ3v) is 4.87. The molecule has 1 atom stereocenters. The molecule has 4 rings (SSSR count). The highest BCUT2D eigenvalue weighted by Crippen LogP contribution is 2.41. The molecule has 3 aromatic rings. The molecule has 25 heavy (non-hydrogen) atoms. The quantitative estimate of drug-likeness (QED) is 0.575. The van der Waals surface area contributed by atoms with E-state index in [1.54, 1.807) is 0 Å². The standard InChI is InChI=1S/C24H22O/c1-18-12-14-20(15-13-18)23-16-21-10-6-7-11-22(21)24(2,25-23)17-19-8-4-3-5-9-19/h3-16H,17H2,1-2H3. The maximum Gasteiger partial charge on any atom is 0.136 e. The summed E-state index contributed by atoms with van der Waals surface area (Å²) in [5.41, 5.74) is 5.77. The molecule has 0 saturated carbocycles. The minimum atomic E-state index is -0.382. The molecular formula is C24H22O. The lowest BCUT2D eigenvalue weighted by Gasteiger charge is -2.37. The molecule has 0 N–H and O–H groups in total. The lowest BCUT2D eigenvalue weighted by molar-refractivity contribution is 0.0531. The van der Waals surface area contributed by atoms with Crippen molar-refractivity contribution in [1.29, 1.82) is 0 Å². The van der Waals surface area contributed by atoms with Crippen molar-refractivity contribution in [3.8, 4) is 0 Å². The zero-order valence-corrected chi connectivity index (χ0v) is 14.7. The highest BCUT2D eigenvalue weighted by molar-refractivity contribution is 5.81. The number of hydrogen-bond donors (Lipinski definition) is 0. The second-order valence-corrected chi connectivity index (χ2v) is 6.96. The van der Waals surface area contributed by atoms with Gasteiger partial charge in [0.1, 0.15) is 11.4 Å². The van der Waals surface area contributed by atoms with Gasteiger partial charge in [0.15, 0.2) is 0 Å². The van der Waals surface area contributed by atoms with E-state index >= 15 is 0 Å². The first kappa shape index (κ1) is 15.7. The number of hydrogen-bond acceptors (Lipinski definition) is 1. The molecule has 0 saturated heterocycles. The summed E-state index contributed by atoms with van der Waals surface area (Å²) in [6, 6.07) is 27.7. The molecule has 1 heterocycles. The summed E-state index contributed by atoms with van der Waals surface area (Å²) in [6.07, 6.45) is 3.00. The monoisotopic (exact) mass is 326 g/mol. The van der Waals surface area contributed by atoms with Crippen LogP contribution in [0.15, 0.2) is 78.9 Å². The van der Waals surface area contributed by atoms with Crippen LogP contribution in [0.5, 0.6) is 0 Å². The number of aryl methyl sites for hydroxylation is 1. The van der Waals surface area contributed by atoms with Crippen LogP contribution in [0.25, 0.3) is 11.8 Å². The molecule has 0 aliphatic carbocycles. The minimum Gasteiger partial charge on any atom is -0.482 e. The first-order valence-corrected chi connectivity index (χ1v) is 8.75. The van der Waals surface area contributed by atoms with Crippen molar-refractivity contribution in [2.45, 2.75) is 25.9 Å². The molecule has 0 radical (unpaired) electrons. The minimum absolute atomic E-state index is 0.382. The van der Waals surface area contributed by atoms with Gasteiger partial charge >= 0.3 is 0 Å². The fraction of sp³-hybridized carbons (Fsp3) is 0.167. The first-order valence-electron chi connectivity index (χ1n) is 8.75. The second-order valence-electron chi connectivity index (χ2n) is 6.96. The van der Waals surface area contributed by atoms with Crippen LogP contribution in [-0.2, 0) is 16.8 Å². The summed E-state index contributed by atoms with van der Waals surface area (Å²) < 4.78 is 6.59. The van der Waals surface area contributed by atoms with Crippen molar-refractivity contribution >= 4 is 11.8 Å². The van der Waals surface area contributed by atoms with Crippen molar-refractivity contribution in [3.63, 3.8) is 0 Å². The van der Waals surface area contributed by atoms with E-state index in [0.717, 1.165) is 17.7 Å². The van der Waals surface area contributed by atoms with Crippen molar-refractivity contribution < 1.29 is 4.74 Å². The van der Waals surface area contributed by atoms with Gasteiger partial charge in [0, 0.05) is 17.5 Å². The van der Waals surface area contributed by atoms with E-state index in [1.807, 2.05) is 0 Å². The number of rotatable bonds is 3. The number of fused-ring (bicyclic) bond motifs is 1. The summed E-state index contributed by atoms with van der Waals surface area (Å²) in [4.78, 5) is 0. The lowest BCUT2D eigenvalue weighted by Crippen LogP contribution is -2.31. The van der Waals surface area contributed by atoms with Gasteiger partial charge in [-0.15, -0.1) is 0 Å². The maximum atomic E-state index is 6.59. The smallest absolute Gasteiger partial charge is 0.136 e. The van der Waals surface area contributed by atoms with E-state index in [0.29, 0.717) is 0 Å². The number of ether oxygens (including phenoxy) is 1. The molecule has 1 nitrogen and oxygen atoms in total. The second kappa shape index (κ2) is 6.25. The zero-order valence-electron chi connectivity index (χ0n) is 14.7. The van der Waals surface area contributed by atoms with Crippen LogP contribution < -0.4 is 0 Å². The van der Waals surface area contributed by atoms with Gasteiger partial charge < -0.3 is 4.74 Å². The van der Waals surface area contributed by atoms with Crippen LogP contribution >= 0.6 is 0 Å². The Morgan fingerprint density at radius 3 is 2.24 bits per heavy atom. The molecule has 1 unspecified atom stereocenters. The molecule has 0 aromatic heterocycles. The molecule has 0 amide bonds. The molecule has 1 aliphatic rings. The Labute approximate surface area is 149 Å². The summed E-state index contributed by atoms with van der Waals surface area (Å²) in [5, 5.41) is 0. The van der Waals surface area contributed by atoms with Crippen LogP contribution in [0.3, 0.4) is 0 Å². The molecule has 0 spiro atoms. The molecular weight excluding hydrogens is 304 g/mol. The van der Waals surface area contributed by atoms with Gasteiger partial charge in [-0.2, -0.15) is 0 Å². The van der Waals surface area contributed by atoms with E-state index in [9.17, 15) is 0 Å². The lowest BCUT2D eigenvalue weighted by atomic mass is 9.83. The Balaban J connectivity index is 1.78. The summed E-state index contributed by atoms with van der Waals surface area (Å²) >= 11 is 0. The summed E-state index contributed by atoms with van der Waals surface area (Å²) in [5.74, 6) is 0.942. The predicted octanol–water partition coefficient (Wildman–Crippen LogP) is 5.98. The Hall–Kier alpha value is -2.80. The van der Waals surface area contributed by atoms with Gasteiger partial charge in [-0.25, -0.2) is 0 Å². The summed E-state index contributed by atoms with van der Waals surface area (Å²) in [7, 11) is 0. The highest BCUT2D eigenvalue weighted by atomic mass is 16.5. The van der Waals surface area contributed by atoms with Crippen LogP contribution in [0.4, 0.5) is 0 Å². The fourth-order valence-electron chi connectivity index (χ4n) is 3.55. The Morgan fingerprint density at radius 2 is 1.48 bits per heavy atom. The van der Waals surface area contributed by atoms with Crippen LogP contribution in [0.2, 0.25) is 0 Å².